The molecule has 0 aliphatic heterocycles. The van der Waals surface area contributed by atoms with Crippen molar-refractivity contribution in [3.8, 4) is 11.5 Å². The summed E-state index contributed by atoms with van der Waals surface area (Å²) < 4.78 is 11.5. The zero-order valence-corrected chi connectivity index (χ0v) is 16.3. The Morgan fingerprint density at radius 1 is 0.962 bits per heavy atom. The SMILES string of the molecule is CCCCOc1ccccc1NCCNCc1ccc(OC(C)C)cc1. The zero-order valence-electron chi connectivity index (χ0n) is 16.3. The molecule has 0 heterocycles. The number of hydrogen-bond donors (Lipinski definition) is 2. The van der Waals surface area contributed by atoms with Gasteiger partial charge in [0.15, 0.2) is 0 Å². The molecule has 4 nitrogen and oxygen atoms in total. The molecule has 0 aliphatic carbocycles. The maximum Gasteiger partial charge on any atom is 0.142 e. The van der Waals surface area contributed by atoms with E-state index in [0.29, 0.717) is 0 Å². The molecule has 0 saturated carbocycles. The van der Waals surface area contributed by atoms with Crippen molar-refractivity contribution in [2.24, 2.45) is 0 Å². The Kier molecular flexibility index (Phi) is 8.84. The number of hydrogen-bond acceptors (Lipinski definition) is 4. The predicted molar refractivity (Wildman–Crippen MR) is 109 cm³/mol. The second-order valence-corrected chi connectivity index (χ2v) is 6.61. The Balaban J connectivity index is 1.69. The molecule has 2 aromatic rings. The van der Waals surface area contributed by atoms with Crippen molar-refractivity contribution in [2.75, 3.05) is 25.0 Å². The Labute approximate surface area is 157 Å². The average molecular weight is 357 g/mol. The van der Waals surface area contributed by atoms with Crippen LogP contribution in [0.25, 0.3) is 0 Å². The summed E-state index contributed by atoms with van der Waals surface area (Å²) in [6, 6.07) is 16.4. The molecule has 0 bridgehead atoms. The van der Waals surface area contributed by atoms with Gasteiger partial charge in [-0.2, -0.15) is 0 Å². The smallest absolute Gasteiger partial charge is 0.142 e. The molecule has 2 N–H and O–H groups in total. The largest absolute Gasteiger partial charge is 0.491 e. The van der Waals surface area contributed by atoms with Crippen LogP contribution in [0.5, 0.6) is 11.5 Å². The van der Waals surface area contributed by atoms with Gasteiger partial charge < -0.3 is 20.1 Å². The van der Waals surface area contributed by atoms with E-state index in [1.165, 1.54) is 5.56 Å². The number of para-hydroxylation sites is 2. The summed E-state index contributed by atoms with van der Waals surface area (Å²) in [6.07, 6.45) is 2.43. The molecular weight excluding hydrogens is 324 g/mol. The maximum absolute atomic E-state index is 5.85. The van der Waals surface area contributed by atoms with E-state index in [0.717, 1.165) is 56.3 Å². The lowest BCUT2D eigenvalue weighted by molar-refractivity contribution is 0.242. The summed E-state index contributed by atoms with van der Waals surface area (Å²) in [6.45, 7) is 9.59. The molecule has 26 heavy (non-hydrogen) atoms. The summed E-state index contributed by atoms with van der Waals surface area (Å²) >= 11 is 0. The van der Waals surface area contributed by atoms with Crippen LogP contribution in [0.4, 0.5) is 5.69 Å². The molecule has 0 aliphatic rings. The number of rotatable bonds is 12. The van der Waals surface area contributed by atoms with E-state index < -0.39 is 0 Å². The van der Waals surface area contributed by atoms with Crippen molar-refractivity contribution in [1.82, 2.24) is 5.32 Å². The van der Waals surface area contributed by atoms with Gasteiger partial charge in [-0.1, -0.05) is 37.6 Å². The third-order valence-electron chi connectivity index (χ3n) is 3.88. The van der Waals surface area contributed by atoms with E-state index in [1.807, 2.05) is 44.2 Å². The number of nitrogens with one attached hydrogen (secondary N) is 2. The van der Waals surface area contributed by atoms with Crippen LogP contribution in [0.2, 0.25) is 0 Å². The van der Waals surface area contributed by atoms with E-state index in [2.05, 4.69) is 35.8 Å². The molecular formula is C22H32N2O2. The third-order valence-corrected chi connectivity index (χ3v) is 3.88. The highest BCUT2D eigenvalue weighted by Gasteiger charge is 2.02. The second kappa shape index (κ2) is 11.4. The van der Waals surface area contributed by atoms with Gasteiger partial charge in [0.1, 0.15) is 11.5 Å². The van der Waals surface area contributed by atoms with Gasteiger partial charge in [0.2, 0.25) is 0 Å². The molecule has 0 aromatic heterocycles. The molecule has 0 unspecified atom stereocenters. The average Bonchev–Trinajstić information content (AvgIpc) is 2.64. The van der Waals surface area contributed by atoms with E-state index in [-0.39, 0.29) is 6.10 Å². The minimum absolute atomic E-state index is 0.207. The fourth-order valence-electron chi connectivity index (χ4n) is 2.54. The van der Waals surface area contributed by atoms with Crippen LogP contribution in [0, 0.1) is 0 Å². The fourth-order valence-corrected chi connectivity index (χ4v) is 2.54. The standard InChI is InChI=1S/C22H32N2O2/c1-4-5-16-25-22-9-7-6-8-21(22)24-15-14-23-17-19-10-12-20(13-11-19)26-18(2)3/h6-13,18,23-24H,4-5,14-17H2,1-3H3. The first-order chi connectivity index (χ1) is 12.7. The number of unbranched alkanes of at least 4 members (excludes halogenated alkanes) is 1. The Hall–Kier alpha value is -2.20. The quantitative estimate of drug-likeness (QED) is 0.533. The van der Waals surface area contributed by atoms with Crippen LogP contribution >= 0.6 is 0 Å². The van der Waals surface area contributed by atoms with Crippen LogP contribution in [-0.4, -0.2) is 25.8 Å². The van der Waals surface area contributed by atoms with Gasteiger partial charge >= 0.3 is 0 Å². The number of anilines is 1. The van der Waals surface area contributed by atoms with E-state index in [9.17, 15) is 0 Å². The highest BCUT2D eigenvalue weighted by Crippen LogP contribution is 2.23. The van der Waals surface area contributed by atoms with Crippen molar-refractivity contribution in [1.29, 1.82) is 0 Å². The van der Waals surface area contributed by atoms with E-state index in [1.54, 1.807) is 0 Å². The van der Waals surface area contributed by atoms with Gasteiger partial charge in [0, 0.05) is 19.6 Å². The van der Waals surface area contributed by atoms with Crippen LogP contribution in [0.15, 0.2) is 48.5 Å². The lowest BCUT2D eigenvalue weighted by Gasteiger charge is -2.13. The van der Waals surface area contributed by atoms with Crippen molar-refractivity contribution < 1.29 is 9.47 Å². The highest BCUT2D eigenvalue weighted by molar-refractivity contribution is 5.56. The molecule has 2 rings (SSSR count). The van der Waals surface area contributed by atoms with Gasteiger partial charge in [-0.15, -0.1) is 0 Å². The highest BCUT2D eigenvalue weighted by atomic mass is 16.5. The zero-order chi connectivity index (χ0) is 18.6. The third kappa shape index (κ3) is 7.36. The molecule has 0 saturated heterocycles. The van der Waals surface area contributed by atoms with Crippen molar-refractivity contribution in [3.63, 3.8) is 0 Å². The predicted octanol–water partition coefficient (Wildman–Crippen LogP) is 4.85. The molecule has 0 atom stereocenters. The van der Waals surface area contributed by atoms with Gasteiger partial charge in [-0.25, -0.2) is 0 Å². The molecule has 0 radical (unpaired) electrons. The lowest BCUT2D eigenvalue weighted by Crippen LogP contribution is -2.22. The summed E-state index contributed by atoms with van der Waals surface area (Å²) in [5.41, 5.74) is 2.31. The van der Waals surface area contributed by atoms with E-state index >= 15 is 0 Å². The van der Waals surface area contributed by atoms with Gasteiger partial charge in [-0.05, 0) is 50.1 Å². The Morgan fingerprint density at radius 3 is 2.46 bits per heavy atom. The van der Waals surface area contributed by atoms with Crippen LogP contribution < -0.4 is 20.1 Å². The van der Waals surface area contributed by atoms with Gasteiger partial charge in [0.25, 0.3) is 0 Å². The monoisotopic (exact) mass is 356 g/mol. The second-order valence-electron chi connectivity index (χ2n) is 6.61. The Morgan fingerprint density at radius 2 is 1.73 bits per heavy atom. The van der Waals surface area contributed by atoms with Crippen LogP contribution in [-0.2, 0) is 6.54 Å². The van der Waals surface area contributed by atoms with Crippen LogP contribution in [0.3, 0.4) is 0 Å². The summed E-state index contributed by atoms with van der Waals surface area (Å²) in [5.74, 6) is 1.85. The van der Waals surface area contributed by atoms with Crippen molar-refractivity contribution in [3.05, 3.63) is 54.1 Å². The summed E-state index contributed by atoms with van der Waals surface area (Å²) in [7, 11) is 0. The number of benzene rings is 2. The summed E-state index contributed by atoms with van der Waals surface area (Å²) in [5, 5.41) is 6.91. The minimum Gasteiger partial charge on any atom is -0.491 e. The molecule has 142 valence electrons. The molecule has 0 fully saturated rings. The van der Waals surface area contributed by atoms with Gasteiger partial charge in [-0.3, -0.25) is 0 Å². The molecule has 2 aromatic carbocycles. The Bertz CT molecular complexity index is 626. The topological polar surface area (TPSA) is 42.5 Å². The first-order valence-corrected chi connectivity index (χ1v) is 9.61. The minimum atomic E-state index is 0.207. The number of ether oxygens (including phenoxy) is 2. The lowest BCUT2D eigenvalue weighted by atomic mass is 10.2. The van der Waals surface area contributed by atoms with E-state index in [4.69, 9.17) is 9.47 Å². The van der Waals surface area contributed by atoms with Crippen LogP contribution in [0.1, 0.15) is 39.2 Å². The first-order valence-electron chi connectivity index (χ1n) is 9.61. The maximum atomic E-state index is 5.85. The van der Waals surface area contributed by atoms with Crippen molar-refractivity contribution >= 4 is 5.69 Å². The molecule has 0 amide bonds. The van der Waals surface area contributed by atoms with Gasteiger partial charge in [0.05, 0.1) is 18.4 Å². The fraction of sp³-hybridized carbons (Fsp3) is 0.455. The molecule has 4 heteroatoms. The normalized spacial score (nSPS) is 10.8. The molecule has 0 spiro atoms. The van der Waals surface area contributed by atoms with Crippen molar-refractivity contribution in [2.45, 2.75) is 46.3 Å². The summed E-state index contributed by atoms with van der Waals surface area (Å²) in [4.78, 5) is 0. The first kappa shape index (κ1) is 20.1.